The second-order valence-electron chi connectivity index (χ2n) is 6.97. The predicted molar refractivity (Wildman–Crippen MR) is 110 cm³/mol. The molecule has 0 aliphatic carbocycles. The Morgan fingerprint density at radius 3 is 2.67 bits per heavy atom. The summed E-state index contributed by atoms with van der Waals surface area (Å²) >= 11 is 0. The van der Waals surface area contributed by atoms with Crippen LogP contribution in [0.15, 0.2) is 18.2 Å². The number of rotatable bonds is 10. The number of methoxy groups -OCH3 is 2. The van der Waals surface area contributed by atoms with E-state index in [-0.39, 0.29) is 0 Å². The van der Waals surface area contributed by atoms with Crippen LogP contribution in [0.4, 0.5) is 11.9 Å². The summed E-state index contributed by atoms with van der Waals surface area (Å²) in [5, 5.41) is 15.1. The number of benzene rings is 1. The molecule has 0 spiro atoms. The number of hydrogen-bond acceptors (Lipinski definition) is 9. The average Bonchev–Trinajstić information content (AvgIpc) is 3.15. The molecule has 1 saturated heterocycles. The molecule has 1 aromatic carbocycles. The van der Waals surface area contributed by atoms with Crippen molar-refractivity contribution in [1.29, 1.82) is 0 Å². The van der Waals surface area contributed by atoms with E-state index >= 15 is 0 Å². The predicted octanol–water partition coefficient (Wildman–Crippen LogP) is 1.47. The van der Waals surface area contributed by atoms with Gasteiger partial charge in [-0.05, 0) is 22.4 Å². The van der Waals surface area contributed by atoms with Crippen LogP contribution in [0, 0.1) is 10.1 Å². The summed E-state index contributed by atoms with van der Waals surface area (Å²) in [5.41, 5.74) is 0.897. The zero-order valence-electron chi connectivity index (χ0n) is 17.6. The van der Waals surface area contributed by atoms with E-state index in [1.54, 1.807) is 21.3 Å². The van der Waals surface area contributed by atoms with Crippen molar-refractivity contribution < 1.29 is 19.1 Å². The number of nitrogens with zero attached hydrogens (tertiary/aromatic N) is 6. The van der Waals surface area contributed by atoms with Gasteiger partial charge in [-0.2, -0.15) is 4.68 Å². The molecule has 0 atom stereocenters. The molecule has 0 bridgehead atoms. The van der Waals surface area contributed by atoms with Crippen LogP contribution in [0.3, 0.4) is 0 Å². The van der Waals surface area contributed by atoms with Gasteiger partial charge in [-0.25, -0.2) is 0 Å². The van der Waals surface area contributed by atoms with Crippen molar-refractivity contribution in [3.63, 3.8) is 0 Å². The Hall–Kier alpha value is -2.92. The van der Waals surface area contributed by atoms with Crippen LogP contribution in [-0.4, -0.2) is 78.2 Å². The lowest BCUT2D eigenvalue weighted by Crippen LogP contribution is -2.38. The Bertz CT molecular complexity index is 852. The third kappa shape index (κ3) is 5.16. The Labute approximate surface area is 175 Å². The minimum absolute atomic E-state index is 0.414. The lowest BCUT2D eigenvalue weighted by molar-refractivity contribution is -0.394. The van der Waals surface area contributed by atoms with Gasteiger partial charge in [0.05, 0.1) is 34.0 Å². The van der Waals surface area contributed by atoms with E-state index in [0.717, 1.165) is 44.8 Å². The third-order valence-corrected chi connectivity index (χ3v) is 5.03. The van der Waals surface area contributed by atoms with Gasteiger partial charge in [0.25, 0.3) is 0 Å². The van der Waals surface area contributed by atoms with Crippen molar-refractivity contribution in [2.75, 3.05) is 58.5 Å². The van der Waals surface area contributed by atoms with Gasteiger partial charge >= 0.3 is 11.9 Å². The Morgan fingerprint density at radius 2 is 2.03 bits per heavy atom. The first kappa shape index (κ1) is 21.8. The normalized spacial score (nSPS) is 14.5. The number of ether oxygens (including phenoxy) is 3. The second-order valence-corrected chi connectivity index (χ2v) is 6.97. The number of nitro groups is 1. The van der Waals surface area contributed by atoms with Crippen LogP contribution >= 0.6 is 0 Å². The highest BCUT2D eigenvalue weighted by molar-refractivity contribution is 5.48. The van der Waals surface area contributed by atoms with Crippen LogP contribution in [0.1, 0.15) is 12.0 Å². The minimum atomic E-state index is -0.582. The molecule has 2 aromatic rings. The maximum absolute atomic E-state index is 11.1. The topological polar surface area (TPSA) is 108 Å². The van der Waals surface area contributed by atoms with E-state index in [1.165, 1.54) is 4.68 Å². The van der Waals surface area contributed by atoms with E-state index in [2.05, 4.69) is 15.0 Å². The number of aryl methyl sites for hydroxylation is 1. The number of hydrogen-bond donors (Lipinski definition) is 0. The van der Waals surface area contributed by atoms with Gasteiger partial charge in [-0.3, -0.25) is 4.90 Å². The standard InChI is InChI=1S/C19H28N6O5/c1-22-19(20-18(21-22)25(26)27)24(9-5-8-23-10-12-30-13-11-23)14-15-6-4-7-16(28-2)17(15)29-3/h4,6-7H,5,8-14H2,1-3H3. The molecule has 1 aliphatic rings. The molecule has 1 aromatic heterocycles. The van der Waals surface area contributed by atoms with Crippen molar-refractivity contribution in [3.05, 3.63) is 33.9 Å². The molecule has 0 saturated carbocycles. The van der Waals surface area contributed by atoms with Gasteiger partial charge in [-0.1, -0.05) is 12.1 Å². The summed E-state index contributed by atoms with van der Waals surface area (Å²) in [6, 6.07) is 5.67. The maximum atomic E-state index is 11.1. The van der Waals surface area contributed by atoms with Crippen LogP contribution in [0.25, 0.3) is 0 Å². The highest BCUT2D eigenvalue weighted by Gasteiger charge is 2.26. The summed E-state index contributed by atoms with van der Waals surface area (Å²) < 4.78 is 17.8. The first-order chi connectivity index (χ1) is 14.5. The average molecular weight is 420 g/mol. The lowest BCUT2D eigenvalue weighted by atomic mass is 10.1. The molecule has 3 rings (SSSR count). The van der Waals surface area contributed by atoms with E-state index in [0.29, 0.717) is 30.5 Å². The molecule has 11 nitrogen and oxygen atoms in total. The summed E-state index contributed by atoms with van der Waals surface area (Å²) in [6.45, 7) is 5.35. The summed E-state index contributed by atoms with van der Waals surface area (Å²) in [4.78, 5) is 19.0. The number of para-hydroxylation sites is 1. The number of aromatic nitrogens is 3. The van der Waals surface area contributed by atoms with Crippen LogP contribution in [-0.2, 0) is 18.3 Å². The SMILES string of the molecule is COc1cccc(CN(CCCN2CCOCC2)c2nc([N+](=O)[O-])nn2C)c1OC. The fraction of sp³-hybridized carbons (Fsp3) is 0.579. The van der Waals surface area contributed by atoms with Crippen LogP contribution in [0.2, 0.25) is 0 Å². The summed E-state index contributed by atoms with van der Waals surface area (Å²) in [6.07, 6.45) is 0.868. The monoisotopic (exact) mass is 420 g/mol. The molecule has 1 fully saturated rings. The molecule has 164 valence electrons. The van der Waals surface area contributed by atoms with E-state index in [1.807, 2.05) is 23.1 Å². The van der Waals surface area contributed by atoms with Gasteiger partial charge in [-0.15, -0.1) is 0 Å². The number of morpholine rings is 1. The zero-order valence-corrected chi connectivity index (χ0v) is 17.6. The molecular formula is C19H28N6O5. The zero-order chi connectivity index (χ0) is 21.5. The minimum Gasteiger partial charge on any atom is -0.493 e. The smallest absolute Gasteiger partial charge is 0.493 e. The van der Waals surface area contributed by atoms with Crippen molar-refractivity contribution >= 4 is 11.9 Å². The van der Waals surface area contributed by atoms with E-state index in [4.69, 9.17) is 14.2 Å². The van der Waals surface area contributed by atoms with Crippen molar-refractivity contribution in [2.45, 2.75) is 13.0 Å². The molecule has 2 heterocycles. The fourth-order valence-corrected chi connectivity index (χ4v) is 3.56. The molecular weight excluding hydrogens is 392 g/mol. The first-order valence-corrected chi connectivity index (χ1v) is 9.83. The van der Waals surface area contributed by atoms with Gasteiger partial charge < -0.3 is 29.2 Å². The molecule has 0 radical (unpaired) electrons. The van der Waals surface area contributed by atoms with Gasteiger partial charge in [0.2, 0.25) is 0 Å². The van der Waals surface area contributed by atoms with Crippen molar-refractivity contribution in [2.24, 2.45) is 7.05 Å². The highest BCUT2D eigenvalue weighted by Crippen LogP contribution is 2.32. The molecule has 0 N–H and O–H groups in total. The van der Waals surface area contributed by atoms with E-state index in [9.17, 15) is 10.1 Å². The van der Waals surface area contributed by atoms with E-state index < -0.39 is 10.9 Å². The highest BCUT2D eigenvalue weighted by atomic mass is 16.6. The number of anilines is 1. The Kier molecular flexibility index (Phi) is 7.41. The van der Waals surface area contributed by atoms with Gasteiger partial charge in [0.15, 0.2) is 11.5 Å². The molecule has 0 amide bonds. The molecule has 11 heteroatoms. The maximum Gasteiger partial charge on any atom is 0.493 e. The second kappa shape index (κ2) is 10.2. The van der Waals surface area contributed by atoms with Crippen molar-refractivity contribution in [1.82, 2.24) is 19.7 Å². The summed E-state index contributed by atoms with van der Waals surface area (Å²) in [5.74, 6) is 1.29. The lowest BCUT2D eigenvalue weighted by Gasteiger charge is -2.28. The molecule has 1 aliphatic heterocycles. The Morgan fingerprint density at radius 1 is 1.27 bits per heavy atom. The van der Waals surface area contributed by atoms with Crippen LogP contribution in [0.5, 0.6) is 11.5 Å². The largest absolute Gasteiger partial charge is 0.493 e. The first-order valence-electron chi connectivity index (χ1n) is 9.83. The Balaban J connectivity index is 1.81. The molecule has 30 heavy (non-hydrogen) atoms. The fourth-order valence-electron chi connectivity index (χ4n) is 3.56. The quantitative estimate of drug-likeness (QED) is 0.417. The third-order valence-electron chi connectivity index (χ3n) is 5.03. The van der Waals surface area contributed by atoms with Gasteiger partial charge in [0, 0.05) is 43.9 Å². The van der Waals surface area contributed by atoms with Crippen LogP contribution < -0.4 is 14.4 Å². The summed E-state index contributed by atoms with van der Waals surface area (Å²) in [7, 11) is 4.85. The van der Waals surface area contributed by atoms with Gasteiger partial charge in [0.1, 0.15) is 0 Å². The van der Waals surface area contributed by atoms with Crippen molar-refractivity contribution in [3.8, 4) is 11.5 Å². The molecule has 0 unspecified atom stereocenters.